The monoisotopic (exact) mass is 229 g/mol. The van der Waals surface area contributed by atoms with Crippen molar-refractivity contribution in [1.29, 1.82) is 0 Å². The van der Waals surface area contributed by atoms with E-state index in [9.17, 15) is 14.4 Å². The molecule has 7 heteroatoms. The summed E-state index contributed by atoms with van der Waals surface area (Å²) in [5, 5.41) is 16.1. The van der Waals surface area contributed by atoms with Crippen molar-refractivity contribution in [3.63, 3.8) is 0 Å². The molecule has 1 saturated heterocycles. The quantitative estimate of drug-likeness (QED) is 0.455. The van der Waals surface area contributed by atoms with Crippen molar-refractivity contribution in [3.05, 3.63) is 0 Å². The zero-order valence-electron chi connectivity index (χ0n) is 8.78. The lowest BCUT2D eigenvalue weighted by molar-refractivity contribution is -0.137. The van der Waals surface area contributed by atoms with Gasteiger partial charge in [0.05, 0.1) is 6.04 Å². The molecule has 0 bridgehead atoms. The third-order valence-corrected chi connectivity index (χ3v) is 2.17. The number of carboxylic acid groups (broad SMARTS) is 1. The molecule has 1 atom stereocenters. The molecule has 0 aliphatic carbocycles. The zero-order chi connectivity index (χ0) is 12.0. The Kier molecular flexibility index (Phi) is 4.56. The molecule has 0 aromatic heterocycles. The minimum atomic E-state index is -0.882. The van der Waals surface area contributed by atoms with E-state index in [4.69, 9.17) is 5.11 Å². The maximum Gasteiger partial charge on any atom is 0.315 e. The maximum absolute atomic E-state index is 11.2. The number of carbonyl (C=O) groups excluding carboxylic acids is 2. The van der Waals surface area contributed by atoms with E-state index in [1.807, 2.05) is 0 Å². The van der Waals surface area contributed by atoms with E-state index >= 15 is 0 Å². The second kappa shape index (κ2) is 5.94. The highest BCUT2D eigenvalue weighted by Crippen LogP contribution is 1.98. The van der Waals surface area contributed by atoms with Gasteiger partial charge in [0.1, 0.15) is 0 Å². The van der Waals surface area contributed by atoms with Crippen LogP contribution in [0, 0.1) is 0 Å². The second-order valence-corrected chi connectivity index (χ2v) is 3.60. The van der Waals surface area contributed by atoms with Crippen molar-refractivity contribution in [2.75, 3.05) is 13.1 Å². The molecule has 0 saturated carbocycles. The van der Waals surface area contributed by atoms with E-state index in [-0.39, 0.29) is 24.4 Å². The van der Waals surface area contributed by atoms with Crippen molar-refractivity contribution >= 4 is 17.9 Å². The van der Waals surface area contributed by atoms with Gasteiger partial charge in [-0.25, -0.2) is 4.79 Å². The van der Waals surface area contributed by atoms with Crippen LogP contribution in [0.4, 0.5) is 4.79 Å². The summed E-state index contributed by atoms with van der Waals surface area (Å²) >= 11 is 0. The lowest BCUT2D eigenvalue weighted by Crippen LogP contribution is -2.43. The molecular weight excluding hydrogens is 214 g/mol. The minimum Gasteiger partial charge on any atom is -0.481 e. The molecule has 16 heavy (non-hydrogen) atoms. The fourth-order valence-corrected chi connectivity index (χ4v) is 1.39. The Bertz CT molecular complexity index is 292. The van der Waals surface area contributed by atoms with Crippen LogP contribution < -0.4 is 16.0 Å². The molecule has 1 rings (SSSR count). The van der Waals surface area contributed by atoms with Gasteiger partial charge in [0.2, 0.25) is 5.91 Å². The van der Waals surface area contributed by atoms with Crippen LogP contribution in [0.5, 0.6) is 0 Å². The number of carbonyl (C=O) groups is 3. The van der Waals surface area contributed by atoms with Crippen LogP contribution in [-0.4, -0.2) is 42.1 Å². The number of hydrogen-bond acceptors (Lipinski definition) is 3. The zero-order valence-corrected chi connectivity index (χ0v) is 8.78. The molecule has 0 aromatic rings. The molecule has 1 heterocycles. The summed E-state index contributed by atoms with van der Waals surface area (Å²) in [6, 6.07) is -0.543. The van der Waals surface area contributed by atoms with Crippen molar-refractivity contribution in [3.8, 4) is 0 Å². The van der Waals surface area contributed by atoms with Gasteiger partial charge in [-0.05, 0) is 6.42 Å². The Balaban J connectivity index is 2.07. The molecule has 1 fully saturated rings. The minimum absolute atomic E-state index is 0.0315. The highest BCUT2D eigenvalue weighted by Gasteiger charge is 2.22. The number of urea groups is 1. The Hall–Kier alpha value is -1.79. The third-order valence-electron chi connectivity index (χ3n) is 2.17. The SMILES string of the molecule is O=C(O)CCCNC(=O)NC1CNC(=O)C1. The highest BCUT2D eigenvalue weighted by molar-refractivity contribution is 5.81. The summed E-state index contributed by atoms with van der Waals surface area (Å²) in [4.78, 5) is 32.2. The smallest absolute Gasteiger partial charge is 0.315 e. The summed E-state index contributed by atoms with van der Waals surface area (Å²) < 4.78 is 0. The fourth-order valence-electron chi connectivity index (χ4n) is 1.39. The Morgan fingerprint density at radius 2 is 2.25 bits per heavy atom. The summed E-state index contributed by atoms with van der Waals surface area (Å²) in [6.07, 6.45) is 0.719. The summed E-state index contributed by atoms with van der Waals surface area (Å²) in [6.45, 7) is 0.758. The topological polar surface area (TPSA) is 108 Å². The van der Waals surface area contributed by atoms with Crippen LogP contribution in [0.25, 0.3) is 0 Å². The van der Waals surface area contributed by atoms with Crippen LogP contribution in [0.15, 0.2) is 0 Å². The van der Waals surface area contributed by atoms with Crippen LogP contribution in [0.1, 0.15) is 19.3 Å². The first kappa shape index (κ1) is 12.3. The first-order valence-corrected chi connectivity index (χ1v) is 5.11. The molecule has 3 amide bonds. The number of hydrogen-bond donors (Lipinski definition) is 4. The summed E-state index contributed by atoms with van der Waals surface area (Å²) in [5.41, 5.74) is 0. The predicted molar refractivity (Wildman–Crippen MR) is 54.8 cm³/mol. The molecule has 1 unspecified atom stereocenters. The highest BCUT2D eigenvalue weighted by atomic mass is 16.4. The van der Waals surface area contributed by atoms with Gasteiger partial charge in [-0.3, -0.25) is 9.59 Å². The molecule has 1 aliphatic rings. The molecule has 0 radical (unpaired) electrons. The van der Waals surface area contributed by atoms with E-state index in [0.29, 0.717) is 25.9 Å². The van der Waals surface area contributed by atoms with Gasteiger partial charge < -0.3 is 21.1 Å². The average molecular weight is 229 g/mol. The van der Waals surface area contributed by atoms with Gasteiger partial charge in [0.15, 0.2) is 0 Å². The number of nitrogens with one attached hydrogen (secondary N) is 3. The summed E-state index contributed by atoms with van der Waals surface area (Å²) in [5.74, 6) is -0.955. The van der Waals surface area contributed by atoms with Crippen LogP contribution in [0.3, 0.4) is 0 Å². The second-order valence-electron chi connectivity index (χ2n) is 3.60. The average Bonchev–Trinajstić information content (AvgIpc) is 2.58. The number of rotatable bonds is 5. The Labute approximate surface area is 92.6 Å². The van der Waals surface area contributed by atoms with Gasteiger partial charge in [0.25, 0.3) is 0 Å². The summed E-state index contributed by atoms with van der Waals surface area (Å²) in [7, 11) is 0. The molecule has 1 aliphatic heterocycles. The maximum atomic E-state index is 11.2. The third kappa shape index (κ3) is 4.63. The normalized spacial score (nSPS) is 19.0. The first-order chi connectivity index (χ1) is 7.58. The first-order valence-electron chi connectivity index (χ1n) is 5.11. The van der Waals surface area contributed by atoms with Gasteiger partial charge in [-0.2, -0.15) is 0 Å². The molecule has 0 spiro atoms. The number of aliphatic carboxylic acids is 1. The van der Waals surface area contributed by atoms with E-state index in [0.717, 1.165) is 0 Å². The predicted octanol–water partition coefficient (Wildman–Crippen LogP) is -0.961. The standard InChI is InChI=1S/C9H15N3O4/c13-7-4-6(5-11-7)12-9(16)10-3-1-2-8(14)15/h6H,1-5H2,(H,11,13)(H,14,15)(H2,10,12,16). The lowest BCUT2D eigenvalue weighted by Gasteiger charge is -2.11. The Morgan fingerprint density at radius 1 is 1.50 bits per heavy atom. The van der Waals surface area contributed by atoms with Crippen molar-refractivity contribution in [2.24, 2.45) is 0 Å². The van der Waals surface area contributed by atoms with E-state index in [2.05, 4.69) is 16.0 Å². The van der Waals surface area contributed by atoms with E-state index in [1.54, 1.807) is 0 Å². The van der Waals surface area contributed by atoms with E-state index < -0.39 is 5.97 Å². The molecule has 4 N–H and O–H groups in total. The lowest BCUT2D eigenvalue weighted by atomic mass is 10.2. The van der Waals surface area contributed by atoms with Crippen molar-refractivity contribution < 1.29 is 19.5 Å². The van der Waals surface area contributed by atoms with Crippen LogP contribution in [-0.2, 0) is 9.59 Å². The van der Waals surface area contributed by atoms with Crippen molar-refractivity contribution in [2.45, 2.75) is 25.3 Å². The number of carboxylic acids is 1. The number of amides is 3. The van der Waals surface area contributed by atoms with Gasteiger partial charge in [-0.1, -0.05) is 0 Å². The van der Waals surface area contributed by atoms with Crippen molar-refractivity contribution in [1.82, 2.24) is 16.0 Å². The molecule has 90 valence electrons. The van der Waals surface area contributed by atoms with Gasteiger partial charge >= 0.3 is 12.0 Å². The Morgan fingerprint density at radius 3 is 2.81 bits per heavy atom. The largest absolute Gasteiger partial charge is 0.481 e. The van der Waals surface area contributed by atoms with Gasteiger partial charge in [0, 0.05) is 25.9 Å². The van der Waals surface area contributed by atoms with Crippen LogP contribution >= 0.6 is 0 Å². The van der Waals surface area contributed by atoms with Gasteiger partial charge in [-0.15, -0.1) is 0 Å². The molecule has 7 nitrogen and oxygen atoms in total. The molecular formula is C9H15N3O4. The molecule has 0 aromatic carbocycles. The van der Waals surface area contributed by atoms with Crippen LogP contribution in [0.2, 0.25) is 0 Å². The van der Waals surface area contributed by atoms with E-state index in [1.165, 1.54) is 0 Å². The fraction of sp³-hybridized carbons (Fsp3) is 0.667.